The lowest BCUT2D eigenvalue weighted by Gasteiger charge is -2.21. The van der Waals surface area contributed by atoms with Crippen molar-refractivity contribution in [2.75, 3.05) is 19.6 Å². The summed E-state index contributed by atoms with van der Waals surface area (Å²) in [7, 11) is 1.98. The number of likely N-dealkylation sites (tertiary alicyclic amines) is 1. The average molecular weight is 406 g/mol. The molecule has 0 aliphatic carbocycles. The van der Waals surface area contributed by atoms with E-state index in [1.54, 1.807) is 0 Å². The third-order valence-corrected chi connectivity index (χ3v) is 5.70. The minimum Gasteiger partial charge on any atom is -0.357 e. The second-order valence-corrected chi connectivity index (χ2v) is 7.97. The quantitative estimate of drug-likeness (QED) is 0.506. The molecule has 1 aromatic carbocycles. The molecule has 158 valence electrons. The van der Waals surface area contributed by atoms with Crippen molar-refractivity contribution < 1.29 is 0 Å². The summed E-state index contributed by atoms with van der Waals surface area (Å²) in [6, 6.07) is 8.68. The lowest BCUT2D eigenvalue weighted by molar-refractivity contribution is 0.486. The molecule has 0 saturated carbocycles. The van der Waals surface area contributed by atoms with Crippen LogP contribution < -0.4 is 5.32 Å². The zero-order valence-electron chi connectivity index (χ0n) is 18.1. The molecule has 0 bridgehead atoms. The molecule has 1 aliphatic rings. The lowest BCUT2D eigenvalue weighted by Crippen LogP contribution is -2.40. The standard InChI is InChI=1S/C23H31N7/c1-4-24-23(30-10-8-21(17-30)22-14-27-28(3)16-22)26-13-19-6-5-7-20(12-19)15-29-11-9-25-18(29)2/h5-7,9,11-12,14,16,21H,4,8,10,13,15,17H2,1-3H3,(H,24,26). The lowest BCUT2D eigenvalue weighted by atomic mass is 10.0. The summed E-state index contributed by atoms with van der Waals surface area (Å²) in [6.45, 7) is 8.54. The molecule has 3 aromatic rings. The van der Waals surface area contributed by atoms with E-state index >= 15 is 0 Å². The Hall–Kier alpha value is -3.09. The molecular formula is C23H31N7. The van der Waals surface area contributed by atoms with Gasteiger partial charge in [0.05, 0.1) is 12.7 Å². The van der Waals surface area contributed by atoms with Crippen LogP contribution in [0.1, 0.15) is 41.8 Å². The van der Waals surface area contributed by atoms with Crippen molar-refractivity contribution in [2.45, 2.75) is 39.3 Å². The summed E-state index contributed by atoms with van der Waals surface area (Å²) in [4.78, 5) is 11.6. The van der Waals surface area contributed by atoms with E-state index in [1.165, 1.54) is 16.7 Å². The fourth-order valence-corrected chi connectivity index (χ4v) is 4.06. The molecule has 2 aromatic heterocycles. The molecule has 30 heavy (non-hydrogen) atoms. The van der Waals surface area contributed by atoms with Crippen LogP contribution in [-0.2, 0) is 20.1 Å². The first-order chi connectivity index (χ1) is 14.6. The fraction of sp³-hybridized carbons (Fsp3) is 0.435. The summed E-state index contributed by atoms with van der Waals surface area (Å²) in [5.41, 5.74) is 3.81. The number of hydrogen-bond acceptors (Lipinski definition) is 3. The molecule has 0 spiro atoms. The molecule has 1 aliphatic heterocycles. The SMILES string of the molecule is CCNC(=NCc1cccc(Cn2ccnc2C)c1)N1CCC(c2cnn(C)c2)C1. The largest absolute Gasteiger partial charge is 0.357 e. The second kappa shape index (κ2) is 9.15. The number of hydrogen-bond donors (Lipinski definition) is 1. The Labute approximate surface area is 178 Å². The van der Waals surface area contributed by atoms with Crippen molar-refractivity contribution in [3.05, 3.63) is 71.6 Å². The molecule has 1 atom stereocenters. The summed E-state index contributed by atoms with van der Waals surface area (Å²) >= 11 is 0. The smallest absolute Gasteiger partial charge is 0.194 e. The van der Waals surface area contributed by atoms with Crippen LogP contribution >= 0.6 is 0 Å². The van der Waals surface area contributed by atoms with E-state index in [4.69, 9.17) is 4.99 Å². The Morgan fingerprint density at radius 2 is 2.17 bits per heavy atom. The van der Waals surface area contributed by atoms with Crippen molar-refractivity contribution >= 4 is 5.96 Å². The highest BCUT2D eigenvalue weighted by Crippen LogP contribution is 2.26. The van der Waals surface area contributed by atoms with Crippen molar-refractivity contribution in [1.82, 2.24) is 29.5 Å². The first kappa shape index (κ1) is 20.2. The van der Waals surface area contributed by atoms with E-state index in [2.05, 4.69) is 62.3 Å². The number of rotatable bonds is 6. The Morgan fingerprint density at radius 1 is 1.30 bits per heavy atom. The Kier molecular flexibility index (Phi) is 6.16. The summed E-state index contributed by atoms with van der Waals surface area (Å²) < 4.78 is 4.05. The second-order valence-electron chi connectivity index (χ2n) is 7.97. The maximum Gasteiger partial charge on any atom is 0.194 e. The zero-order valence-corrected chi connectivity index (χ0v) is 18.1. The third kappa shape index (κ3) is 4.72. The number of imidazole rings is 1. The summed E-state index contributed by atoms with van der Waals surface area (Å²) in [5.74, 6) is 2.55. The number of guanidine groups is 1. The van der Waals surface area contributed by atoms with Crippen molar-refractivity contribution in [2.24, 2.45) is 12.0 Å². The van der Waals surface area contributed by atoms with Crippen LogP contribution in [0.2, 0.25) is 0 Å². The van der Waals surface area contributed by atoms with Gasteiger partial charge < -0.3 is 14.8 Å². The van der Waals surface area contributed by atoms with Gasteiger partial charge in [0.1, 0.15) is 5.82 Å². The molecule has 7 heteroatoms. The van der Waals surface area contributed by atoms with Crippen LogP contribution in [0, 0.1) is 6.92 Å². The van der Waals surface area contributed by atoms with Gasteiger partial charge in [0.15, 0.2) is 5.96 Å². The van der Waals surface area contributed by atoms with E-state index < -0.39 is 0 Å². The van der Waals surface area contributed by atoms with Crippen LogP contribution in [0.4, 0.5) is 0 Å². The number of benzene rings is 1. The summed E-state index contributed by atoms with van der Waals surface area (Å²) in [5, 5.41) is 7.80. The number of aromatic nitrogens is 4. The van der Waals surface area contributed by atoms with Crippen LogP contribution in [0.5, 0.6) is 0 Å². The molecule has 3 heterocycles. The highest BCUT2D eigenvalue weighted by molar-refractivity contribution is 5.80. The van der Waals surface area contributed by atoms with Gasteiger partial charge in [-0.2, -0.15) is 5.10 Å². The zero-order chi connectivity index (χ0) is 20.9. The van der Waals surface area contributed by atoms with Gasteiger partial charge in [-0.3, -0.25) is 4.68 Å². The van der Waals surface area contributed by atoms with Gasteiger partial charge in [-0.1, -0.05) is 24.3 Å². The summed E-state index contributed by atoms with van der Waals surface area (Å²) in [6.07, 6.45) is 9.13. The number of aryl methyl sites for hydroxylation is 2. The third-order valence-electron chi connectivity index (χ3n) is 5.70. The van der Waals surface area contributed by atoms with Gasteiger partial charge in [-0.25, -0.2) is 9.98 Å². The first-order valence-corrected chi connectivity index (χ1v) is 10.7. The first-order valence-electron chi connectivity index (χ1n) is 10.7. The highest BCUT2D eigenvalue weighted by atomic mass is 15.3. The maximum atomic E-state index is 4.95. The van der Waals surface area contributed by atoms with Crippen LogP contribution in [-0.4, -0.2) is 49.8 Å². The molecule has 1 N–H and O–H groups in total. The van der Waals surface area contributed by atoms with Crippen molar-refractivity contribution in [3.8, 4) is 0 Å². The van der Waals surface area contributed by atoms with Crippen molar-refractivity contribution in [1.29, 1.82) is 0 Å². The fourth-order valence-electron chi connectivity index (χ4n) is 4.06. The van der Waals surface area contributed by atoms with Crippen LogP contribution in [0.15, 0.2) is 54.0 Å². The van der Waals surface area contributed by atoms with Gasteiger partial charge in [-0.15, -0.1) is 0 Å². The van der Waals surface area contributed by atoms with E-state index in [0.29, 0.717) is 12.5 Å². The van der Waals surface area contributed by atoms with Gasteiger partial charge >= 0.3 is 0 Å². The predicted molar refractivity (Wildman–Crippen MR) is 119 cm³/mol. The molecule has 1 unspecified atom stereocenters. The minimum atomic E-state index is 0.518. The Balaban J connectivity index is 1.43. The minimum absolute atomic E-state index is 0.518. The average Bonchev–Trinajstić information content (AvgIpc) is 3.48. The van der Waals surface area contributed by atoms with Crippen molar-refractivity contribution in [3.63, 3.8) is 0 Å². The predicted octanol–water partition coefficient (Wildman–Crippen LogP) is 2.93. The van der Waals surface area contributed by atoms with E-state index in [-0.39, 0.29) is 0 Å². The maximum absolute atomic E-state index is 4.95. The van der Waals surface area contributed by atoms with E-state index in [9.17, 15) is 0 Å². The van der Waals surface area contributed by atoms with Gasteiger partial charge in [-0.05, 0) is 37.0 Å². The highest BCUT2D eigenvalue weighted by Gasteiger charge is 2.26. The molecule has 7 nitrogen and oxygen atoms in total. The van der Waals surface area contributed by atoms with Crippen LogP contribution in [0.25, 0.3) is 0 Å². The normalized spacial score (nSPS) is 17.0. The van der Waals surface area contributed by atoms with E-state index in [0.717, 1.165) is 44.4 Å². The molecule has 0 amide bonds. The molecular weight excluding hydrogens is 374 g/mol. The Bertz CT molecular complexity index is 1000. The number of nitrogens with zero attached hydrogens (tertiary/aromatic N) is 6. The Morgan fingerprint density at radius 3 is 2.90 bits per heavy atom. The molecule has 1 fully saturated rings. The van der Waals surface area contributed by atoms with Gasteiger partial charge in [0.25, 0.3) is 0 Å². The van der Waals surface area contributed by atoms with E-state index in [1.807, 2.05) is 37.2 Å². The van der Waals surface area contributed by atoms with Gasteiger partial charge in [0, 0.05) is 57.7 Å². The number of nitrogens with one attached hydrogen (secondary N) is 1. The topological polar surface area (TPSA) is 63.3 Å². The molecule has 1 saturated heterocycles. The number of aliphatic imine (C=N–C) groups is 1. The molecule has 0 radical (unpaired) electrons. The van der Waals surface area contributed by atoms with Gasteiger partial charge in [0.2, 0.25) is 0 Å². The monoisotopic (exact) mass is 405 g/mol. The van der Waals surface area contributed by atoms with Crippen LogP contribution in [0.3, 0.4) is 0 Å². The molecule has 4 rings (SSSR count).